The number of aromatic hydroxyl groups is 1. The summed E-state index contributed by atoms with van der Waals surface area (Å²) < 4.78 is 66.1. The zero-order valence-corrected chi connectivity index (χ0v) is 16.3. The second-order valence-electron chi connectivity index (χ2n) is 4.11. The molecule has 124 valence electrons. The third-order valence-electron chi connectivity index (χ3n) is 2.71. The van der Waals surface area contributed by atoms with E-state index >= 15 is 0 Å². The van der Waals surface area contributed by atoms with Gasteiger partial charge in [0.1, 0.15) is 5.75 Å². The third kappa shape index (κ3) is 4.88. The summed E-state index contributed by atoms with van der Waals surface area (Å²) in [6.45, 7) is 1.56. The molecule has 1 nitrogen and oxygen atoms in total. The number of rotatable bonds is 2. The summed E-state index contributed by atoms with van der Waals surface area (Å²) in [7, 11) is 8.98. The monoisotopic (exact) mass is 466 g/mol. The second kappa shape index (κ2) is 9.31. The van der Waals surface area contributed by atoms with E-state index in [0.717, 1.165) is 0 Å². The predicted molar refractivity (Wildman–Crippen MR) is 78.4 cm³/mol. The van der Waals surface area contributed by atoms with Crippen molar-refractivity contribution in [2.24, 2.45) is 0 Å². The molecular formula is C13H8Cl2F5OPZr. The number of benzene rings is 2. The standard InChI is InChI=1S/C13H8F5OP.2ClH.Zr/c1-5-3-2-4-6(12(5)19)20-13-10(17)8(15)7(14)9(16)11(13)18;;;/h2-4,19-20H,1H3;2*1H;/q;;;+2/p-2. The topological polar surface area (TPSA) is 20.2 Å². The van der Waals surface area contributed by atoms with Crippen LogP contribution < -0.4 is 10.6 Å². The van der Waals surface area contributed by atoms with Crippen molar-refractivity contribution in [1.82, 2.24) is 0 Å². The fraction of sp³-hybridized carbons (Fsp3) is 0.0769. The molecule has 2 aromatic rings. The first-order valence-corrected chi connectivity index (χ1v) is 13.1. The van der Waals surface area contributed by atoms with E-state index in [2.05, 4.69) is 0 Å². The van der Waals surface area contributed by atoms with E-state index in [4.69, 9.17) is 17.0 Å². The summed E-state index contributed by atoms with van der Waals surface area (Å²) in [5, 5.41) is 8.90. The fourth-order valence-corrected chi connectivity index (χ4v) is 2.81. The average Bonchev–Trinajstić information content (AvgIpc) is 2.52. The Balaban J connectivity index is 0.000000816. The molecule has 0 heterocycles. The van der Waals surface area contributed by atoms with Gasteiger partial charge >= 0.3 is 37.9 Å². The normalized spacial score (nSPS) is 10.6. The average molecular weight is 468 g/mol. The Morgan fingerprint density at radius 2 is 1.35 bits per heavy atom. The molecule has 0 fully saturated rings. The van der Waals surface area contributed by atoms with E-state index < -0.39 is 63.8 Å². The molecule has 0 spiro atoms. The molecule has 0 radical (unpaired) electrons. The first-order valence-electron chi connectivity index (χ1n) is 5.79. The first-order chi connectivity index (χ1) is 10.8. The van der Waals surface area contributed by atoms with Crippen molar-refractivity contribution in [2.75, 3.05) is 0 Å². The maximum absolute atomic E-state index is 13.5. The van der Waals surface area contributed by atoms with E-state index in [1.165, 1.54) is 12.1 Å². The van der Waals surface area contributed by atoms with Crippen molar-refractivity contribution in [3.63, 3.8) is 0 Å². The number of para-hydroxylation sites is 1. The molecule has 1 atom stereocenters. The molecule has 2 rings (SSSR count). The SMILES string of the molecule is Cc1cccc(Pc2c(F)c(F)c(F)c(F)c2F)c1O.[Cl][Zr][Cl]. The Hall–Kier alpha value is -0.217. The van der Waals surface area contributed by atoms with E-state index in [1.807, 2.05) is 0 Å². The minimum atomic E-state index is -2.19. The van der Waals surface area contributed by atoms with Gasteiger partial charge in [-0.3, -0.25) is 0 Å². The molecule has 1 unspecified atom stereocenters. The number of hydrogen-bond donors (Lipinski definition) is 1. The van der Waals surface area contributed by atoms with E-state index in [-0.39, 0.29) is 11.1 Å². The zero-order valence-electron chi connectivity index (χ0n) is 11.3. The van der Waals surface area contributed by atoms with Crippen LogP contribution in [0.1, 0.15) is 5.56 Å². The van der Waals surface area contributed by atoms with E-state index in [1.54, 1.807) is 13.0 Å². The molecule has 10 heteroatoms. The van der Waals surface area contributed by atoms with Crippen LogP contribution in [0.5, 0.6) is 5.75 Å². The molecule has 0 bridgehead atoms. The molecule has 0 saturated heterocycles. The number of aryl methyl sites for hydroxylation is 1. The summed E-state index contributed by atoms with van der Waals surface area (Å²) >= 11 is -0.826. The Kier molecular flexibility index (Phi) is 8.43. The molecule has 0 aliphatic carbocycles. The Labute approximate surface area is 149 Å². The van der Waals surface area contributed by atoms with Crippen molar-refractivity contribution in [3.05, 3.63) is 52.8 Å². The zero-order chi connectivity index (χ0) is 17.7. The Bertz CT molecular complexity index is 688. The summed E-state index contributed by atoms with van der Waals surface area (Å²) in [6.07, 6.45) is 0. The molecule has 0 aliphatic heterocycles. The Morgan fingerprint density at radius 1 is 0.913 bits per heavy atom. The van der Waals surface area contributed by atoms with Crippen LogP contribution in [0.2, 0.25) is 0 Å². The van der Waals surface area contributed by atoms with Crippen LogP contribution in [0.3, 0.4) is 0 Å². The molecule has 23 heavy (non-hydrogen) atoms. The van der Waals surface area contributed by atoms with Crippen molar-refractivity contribution in [2.45, 2.75) is 6.92 Å². The maximum atomic E-state index is 13.5. The summed E-state index contributed by atoms with van der Waals surface area (Å²) in [5.74, 6) is -10.1. The van der Waals surface area contributed by atoms with Gasteiger partial charge in [-0.25, -0.2) is 22.0 Å². The van der Waals surface area contributed by atoms with Gasteiger partial charge in [0, 0.05) is 5.30 Å². The summed E-state index contributed by atoms with van der Waals surface area (Å²) in [4.78, 5) is 0. The van der Waals surface area contributed by atoms with Crippen molar-refractivity contribution < 1.29 is 47.9 Å². The minimum absolute atomic E-state index is 0.105. The van der Waals surface area contributed by atoms with Gasteiger partial charge in [-0.1, -0.05) is 18.2 Å². The van der Waals surface area contributed by atoms with Gasteiger partial charge in [0.25, 0.3) is 0 Å². The molecular weight excluding hydrogens is 460 g/mol. The predicted octanol–water partition coefficient (Wildman–Crippen LogP) is 4.40. The summed E-state index contributed by atoms with van der Waals surface area (Å²) in [5.41, 5.74) is 0.443. The van der Waals surface area contributed by atoms with Crippen LogP contribution in [-0.2, 0) is 20.8 Å². The number of hydrogen-bond acceptors (Lipinski definition) is 1. The van der Waals surface area contributed by atoms with Crippen molar-refractivity contribution in [1.29, 1.82) is 0 Å². The van der Waals surface area contributed by atoms with Crippen LogP contribution in [0.25, 0.3) is 0 Å². The molecule has 0 aliphatic rings. The van der Waals surface area contributed by atoms with Crippen molar-refractivity contribution in [3.8, 4) is 5.75 Å². The van der Waals surface area contributed by atoms with Crippen molar-refractivity contribution >= 4 is 36.2 Å². The third-order valence-corrected chi connectivity index (χ3v) is 4.07. The molecule has 1 N–H and O–H groups in total. The second-order valence-corrected chi connectivity index (χ2v) is 9.13. The number of halogens is 7. The quantitative estimate of drug-likeness (QED) is 0.300. The fourth-order valence-electron chi connectivity index (χ4n) is 1.61. The number of phenols is 1. The van der Waals surface area contributed by atoms with E-state index in [0.29, 0.717) is 5.56 Å². The van der Waals surface area contributed by atoms with Crippen LogP contribution in [-0.4, -0.2) is 5.11 Å². The van der Waals surface area contributed by atoms with Gasteiger partial charge in [-0.2, -0.15) is 0 Å². The molecule has 0 amide bonds. The van der Waals surface area contributed by atoms with Crippen LogP contribution >= 0.6 is 25.6 Å². The molecule has 0 saturated carbocycles. The van der Waals surface area contributed by atoms with Crippen LogP contribution in [0, 0.1) is 36.0 Å². The van der Waals surface area contributed by atoms with Gasteiger partial charge in [-0.05, 0) is 21.1 Å². The van der Waals surface area contributed by atoms with Crippen LogP contribution in [0.4, 0.5) is 22.0 Å². The van der Waals surface area contributed by atoms with Gasteiger partial charge in [0.2, 0.25) is 5.82 Å². The molecule has 0 aromatic heterocycles. The van der Waals surface area contributed by atoms with Gasteiger partial charge in [0.15, 0.2) is 23.3 Å². The van der Waals surface area contributed by atoms with Gasteiger partial charge in [0.05, 0.1) is 5.30 Å². The first kappa shape index (κ1) is 20.8. The Morgan fingerprint density at radius 3 is 1.83 bits per heavy atom. The van der Waals surface area contributed by atoms with Crippen LogP contribution in [0.15, 0.2) is 18.2 Å². The van der Waals surface area contributed by atoms with Gasteiger partial charge in [-0.15, -0.1) is 0 Å². The summed E-state index contributed by atoms with van der Waals surface area (Å²) in [6, 6.07) is 4.43. The van der Waals surface area contributed by atoms with E-state index in [9.17, 15) is 27.1 Å². The molecule has 2 aromatic carbocycles. The van der Waals surface area contributed by atoms with Gasteiger partial charge < -0.3 is 5.11 Å². The number of phenolic OH excluding ortho intramolecular Hbond substituents is 1.